The molecule has 0 spiro atoms. The van der Waals surface area contributed by atoms with Crippen LogP contribution in [0.5, 0.6) is 0 Å². The minimum absolute atomic E-state index is 0.0462. The Balaban J connectivity index is 2.63. The Morgan fingerprint density at radius 2 is 1.89 bits per heavy atom. The summed E-state index contributed by atoms with van der Waals surface area (Å²) in [5.74, 6) is -0.256. The van der Waals surface area contributed by atoms with E-state index in [1.54, 1.807) is 0 Å². The van der Waals surface area contributed by atoms with Crippen molar-refractivity contribution in [1.82, 2.24) is 14.5 Å². The minimum Gasteiger partial charge on any atom is -0.327 e. The van der Waals surface area contributed by atoms with Crippen LogP contribution in [-0.2, 0) is 16.9 Å². The van der Waals surface area contributed by atoms with Gasteiger partial charge >= 0.3 is 6.18 Å². The summed E-state index contributed by atoms with van der Waals surface area (Å²) >= 11 is 3.14. The molecule has 27 heavy (non-hydrogen) atoms. The van der Waals surface area contributed by atoms with Gasteiger partial charge in [-0.05, 0) is 28.9 Å². The second-order valence-corrected chi connectivity index (χ2v) is 10.5. The van der Waals surface area contributed by atoms with Gasteiger partial charge in [0.2, 0.25) is 0 Å². The maximum absolute atomic E-state index is 14.7. The molecule has 2 aromatic heterocycles. The third-order valence-corrected chi connectivity index (χ3v) is 6.96. The van der Waals surface area contributed by atoms with Gasteiger partial charge in [-0.2, -0.15) is 13.2 Å². The molecule has 12 heteroatoms. The first kappa shape index (κ1) is 22.2. The monoisotopic (exact) mass is 489 g/mol. The highest BCUT2D eigenvalue weighted by Crippen LogP contribution is 2.48. The fourth-order valence-electron chi connectivity index (χ4n) is 2.31. The Kier molecular flexibility index (Phi) is 6.10. The summed E-state index contributed by atoms with van der Waals surface area (Å²) in [5, 5.41) is -2.73. The third-order valence-electron chi connectivity index (χ3n) is 4.17. The Morgan fingerprint density at radius 1 is 1.30 bits per heavy atom. The Hall–Kier alpha value is -1.06. The van der Waals surface area contributed by atoms with Crippen molar-refractivity contribution in [2.45, 2.75) is 36.2 Å². The van der Waals surface area contributed by atoms with Crippen LogP contribution in [0, 0.1) is 0 Å². The Bertz CT molecular complexity index is 960. The molecule has 0 saturated carbocycles. The average molecular weight is 490 g/mol. The van der Waals surface area contributed by atoms with E-state index in [1.165, 1.54) is 35.5 Å². The second-order valence-electron chi connectivity index (χ2n) is 6.11. The quantitative estimate of drug-likeness (QED) is 0.465. The summed E-state index contributed by atoms with van der Waals surface area (Å²) in [5.41, 5.74) is -0.400. The number of sulfone groups is 1. The number of nitrogens with zero attached hydrogens (tertiary/aromatic N) is 3. The third kappa shape index (κ3) is 4.05. The number of rotatable bonds is 5. The summed E-state index contributed by atoms with van der Waals surface area (Å²) < 4.78 is 80.4. The molecule has 0 bridgehead atoms. The van der Waals surface area contributed by atoms with Gasteiger partial charge in [0.1, 0.15) is 10.9 Å². The summed E-state index contributed by atoms with van der Waals surface area (Å²) in [7, 11) is -0.896. The number of pyridine rings is 1. The molecule has 0 saturated heterocycles. The van der Waals surface area contributed by atoms with Gasteiger partial charge in [0.05, 0.1) is 22.5 Å². The molecule has 0 aromatic carbocycles. The molecular weight excluding hydrogens is 473 g/mol. The van der Waals surface area contributed by atoms with Gasteiger partial charge in [0, 0.05) is 17.7 Å². The molecule has 3 atom stereocenters. The van der Waals surface area contributed by atoms with E-state index in [4.69, 9.17) is 0 Å². The lowest BCUT2D eigenvalue weighted by atomic mass is 10.0. The SMILES string of the molecule is CCS(=O)(=O)c1cc(Br)cnc1-c1ncc([C@@H](F)C(C)(P)C(F)(F)F)n1C. The molecule has 0 aliphatic rings. The van der Waals surface area contributed by atoms with Crippen molar-refractivity contribution in [3.05, 3.63) is 28.6 Å². The lowest BCUT2D eigenvalue weighted by molar-refractivity contribution is -0.171. The van der Waals surface area contributed by atoms with Crippen LogP contribution in [0.3, 0.4) is 0 Å². The molecule has 0 aliphatic heterocycles. The van der Waals surface area contributed by atoms with Crippen LogP contribution in [0.25, 0.3) is 11.5 Å². The predicted molar refractivity (Wildman–Crippen MR) is 99.9 cm³/mol. The molecule has 2 heterocycles. The fraction of sp³-hybridized carbons (Fsp3) is 0.467. The molecule has 2 rings (SSSR count). The van der Waals surface area contributed by atoms with Crippen molar-refractivity contribution in [1.29, 1.82) is 0 Å². The van der Waals surface area contributed by atoms with Crippen molar-refractivity contribution in [3.63, 3.8) is 0 Å². The summed E-state index contributed by atoms with van der Waals surface area (Å²) in [6.45, 7) is 2.17. The number of halogens is 5. The Labute approximate surface area is 164 Å². The fourth-order valence-corrected chi connectivity index (χ4v) is 4.02. The van der Waals surface area contributed by atoms with Crippen LogP contribution in [0.1, 0.15) is 25.7 Å². The number of hydrogen-bond acceptors (Lipinski definition) is 4. The van der Waals surface area contributed by atoms with E-state index in [1.807, 2.05) is 0 Å². The van der Waals surface area contributed by atoms with Gasteiger partial charge in [0.15, 0.2) is 21.8 Å². The lowest BCUT2D eigenvalue weighted by Crippen LogP contribution is -2.40. The van der Waals surface area contributed by atoms with Crippen molar-refractivity contribution in [2.24, 2.45) is 7.05 Å². The van der Waals surface area contributed by atoms with E-state index in [0.29, 0.717) is 4.47 Å². The van der Waals surface area contributed by atoms with E-state index in [2.05, 4.69) is 25.9 Å². The van der Waals surface area contributed by atoms with E-state index in [0.717, 1.165) is 17.7 Å². The van der Waals surface area contributed by atoms with Gasteiger partial charge in [-0.25, -0.2) is 17.8 Å². The zero-order valence-corrected chi connectivity index (χ0v) is 18.1. The molecule has 150 valence electrons. The maximum Gasteiger partial charge on any atom is 0.400 e. The van der Waals surface area contributed by atoms with Crippen LogP contribution in [0.4, 0.5) is 17.6 Å². The topological polar surface area (TPSA) is 64.8 Å². The smallest absolute Gasteiger partial charge is 0.327 e. The van der Waals surface area contributed by atoms with E-state index in [9.17, 15) is 26.0 Å². The summed E-state index contributed by atoms with van der Waals surface area (Å²) in [6, 6.07) is 1.33. The van der Waals surface area contributed by atoms with Crippen LogP contribution in [-0.4, -0.2) is 40.0 Å². The molecule has 0 radical (unpaired) electrons. The molecule has 0 fully saturated rings. The van der Waals surface area contributed by atoms with E-state index >= 15 is 0 Å². The first-order chi connectivity index (χ1) is 12.2. The largest absolute Gasteiger partial charge is 0.400 e. The second kappa shape index (κ2) is 7.40. The van der Waals surface area contributed by atoms with Crippen molar-refractivity contribution in [3.8, 4) is 11.5 Å². The molecule has 0 aliphatic carbocycles. The highest BCUT2D eigenvalue weighted by Gasteiger charge is 2.54. The van der Waals surface area contributed by atoms with Crippen LogP contribution in [0.15, 0.2) is 27.8 Å². The van der Waals surface area contributed by atoms with E-state index in [-0.39, 0.29) is 27.9 Å². The number of imidazole rings is 1. The van der Waals surface area contributed by atoms with Gasteiger partial charge in [-0.3, -0.25) is 4.98 Å². The molecule has 0 amide bonds. The first-order valence-corrected chi connectivity index (χ1v) is 10.7. The van der Waals surface area contributed by atoms with Crippen LogP contribution >= 0.6 is 25.2 Å². The highest BCUT2D eigenvalue weighted by atomic mass is 79.9. The number of hydrogen-bond donors (Lipinski definition) is 0. The molecule has 0 N–H and O–H groups in total. The highest BCUT2D eigenvalue weighted by molar-refractivity contribution is 9.10. The molecule has 2 aromatic rings. The van der Waals surface area contributed by atoms with E-state index < -0.39 is 27.3 Å². The maximum atomic E-state index is 14.7. The van der Waals surface area contributed by atoms with Gasteiger partial charge in [0.25, 0.3) is 0 Å². The first-order valence-electron chi connectivity index (χ1n) is 7.64. The van der Waals surface area contributed by atoms with Gasteiger partial charge in [-0.15, -0.1) is 9.24 Å². The van der Waals surface area contributed by atoms with Crippen LogP contribution < -0.4 is 0 Å². The average Bonchev–Trinajstić information content (AvgIpc) is 2.94. The molecule has 5 nitrogen and oxygen atoms in total. The summed E-state index contributed by atoms with van der Waals surface area (Å²) in [6.07, 6.45) is -4.95. The van der Waals surface area contributed by atoms with Gasteiger partial charge < -0.3 is 4.57 Å². The van der Waals surface area contributed by atoms with Gasteiger partial charge in [-0.1, -0.05) is 6.92 Å². The normalized spacial score (nSPS) is 16.2. The number of alkyl halides is 4. The predicted octanol–water partition coefficient (Wildman–Crippen LogP) is 4.24. The van der Waals surface area contributed by atoms with Crippen molar-refractivity contribution >= 4 is 35.0 Å². The molecule has 2 unspecified atom stereocenters. The Morgan fingerprint density at radius 3 is 2.41 bits per heavy atom. The van der Waals surface area contributed by atoms with Crippen LogP contribution in [0.2, 0.25) is 0 Å². The lowest BCUT2D eigenvalue weighted by Gasteiger charge is -2.30. The standard InChI is InChI=1S/C15H17BrF4N3O2PS/c1-4-27(24,25)10-5-8(16)6-21-11(10)13-22-7-9(23(13)3)12(17)14(2,26)15(18,19)20/h5-7,12H,4,26H2,1-3H3/t12-,14?/m1/s1. The minimum atomic E-state index is -4.81. The van der Waals surface area contributed by atoms with Crippen molar-refractivity contribution < 1.29 is 26.0 Å². The zero-order valence-electron chi connectivity index (χ0n) is 14.6. The molecular formula is C15H17BrF4N3O2PS. The summed E-state index contributed by atoms with van der Waals surface area (Å²) in [4.78, 5) is 7.85. The van der Waals surface area contributed by atoms with Crippen molar-refractivity contribution in [2.75, 3.05) is 5.75 Å². The number of aromatic nitrogens is 3. The zero-order chi connectivity index (χ0) is 20.8.